The molecule has 0 saturated carbocycles. The maximum absolute atomic E-state index is 11.4. The number of hydrogen-bond donors (Lipinski definition) is 2. The number of anilines is 1. The number of carbonyl (C=O) groups is 2. The number of benzene rings is 1. The summed E-state index contributed by atoms with van der Waals surface area (Å²) in [5.41, 5.74) is 6.01. The van der Waals surface area contributed by atoms with E-state index in [0.29, 0.717) is 12.1 Å². The molecule has 0 saturated heterocycles. The summed E-state index contributed by atoms with van der Waals surface area (Å²) in [6.45, 7) is 1.86. The fourth-order valence-corrected chi connectivity index (χ4v) is 1.75. The zero-order valence-electron chi connectivity index (χ0n) is 10.2. The molecule has 1 atom stereocenters. The first-order valence-electron chi connectivity index (χ1n) is 5.43. The van der Waals surface area contributed by atoms with Crippen LogP contribution in [0.4, 0.5) is 5.69 Å². The summed E-state index contributed by atoms with van der Waals surface area (Å²) >= 11 is 5.91. The summed E-state index contributed by atoms with van der Waals surface area (Å²) in [7, 11) is 1.33. The van der Waals surface area contributed by atoms with Gasteiger partial charge in [0.05, 0.1) is 17.7 Å². The van der Waals surface area contributed by atoms with Crippen LogP contribution in [0.3, 0.4) is 0 Å². The Labute approximate surface area is 110 Å². The molecule has 0 heterocycles. The molecule has 0 bridgehead atoms. The Morgan fingerprint density at radius 1 is 1.50 bits per heavy atom. The highest BCUT2D eigenvalue weighted by atomic mass is 35.5. The van der Waals surface area contributed by atoms with Gasteiger partial charge in [0.15, 0.2) is 0 Å². The summed E-state index contributed by atoms with van der Waals surface area (Å²) in [6, 6.07) is 4.24. The molecule has 98 valence electrons. The fourth-order valence-electron chi connectivity index (χ4n) is 1.48. The lowest BCUT2D eigenvalue weighted by Gasteiger charge is -2.16. The largest absolute Gasteiger partial charge is 0.467 e. The molecule has 0 aliphatic carbocycles. The standard InChI is InChI=1S/C12H15ClN2O3/c1-3-10(12(17)18-2)15-7-4-5-8(11(14)16)9(13)6-7/h4-6,10,15H,3H2,1-2H3,(H2,14,16). The Hall–Kier alpha value is -1.75. The molecule has 0 aliphatic rings. The van der Waals surface area contributed by atoms with E-state index >= 15 is 0 Å². The summed E-state index contributed by atoms with van der Waals surface area (Å²) < 4.78 is 4.66. The van der Waals surface area contributed by atoms with Crippen molar-refractivity contribution in [2.24, 2.45) is 5.73 Å². The molecule has 1 rings (SSSR count). The third-order valence-electron chi connectivity index (χ3n) is 2.47. The van der Waals surface area contributed by atoms with Crippen LogP contribution < -0.4 is 11.1 Å². The van der Waals surface area contributed by atoms with Crippen LogP contribution in [0.2, 0.25) is 5.02 Å². The van der Waals surface area contributed by atoms with Crippen molar-refractivity contribution < 1.29 is 14.3 Å². The molecule has 3 N–H and O–H groups in total. The molecule has 1 amide bonds. The Morgan fingerprint density at radius 2 is 2.17 bits per heavy atom. The number of ether oxygens (including phenoxy) is 1. The third-order valence-corrected chi connectivity index (χ3v) is 2.78. The zero-order valence-corrected chi connectivity index (χ0v) is 11.0. The first kappa shape index (κ1) is 14.3. The second-order valence-corrected chi connectivity index (χ2v) is 4.09. The molecule has 0 spiro atoms. The molecule has 0 fully saturated rings. The quantitative estimate of drug-likeness (QED) is 0.800. The molecule has 0 aromatic heterocycles. The highest BCUT2D eigenvalue weighted by Gasteiger charge is 2.17. The third kappa shape index (κ3) is 3.37. The van der Waals surface area contributed by atoms with Crippen LogP contribution in [-0.4, -0.2) is 25.0 Å². The van der Waals surface area contributed by atoms with E-state index in [1.807, 2.05) is 6.92 Å². The molecular formula is C12H15ClN2O3. The van der Waals surface area contributed by atoms with Crippen molar-refractivity contribution in [2.75, 3.05) is 12.4 Å². The van der Waals surface area contributed by atoms with Crippen LogP contribution in [-0.2, 0) is 9.53 Å². The average molecular weight is 271 g/mol. The monoisotopic (exact) mass is 270 g/mol. The predicted molar refractivity (Wildman–Crippen MR) is 69.7 cm³/mol. The van der Waals surface area contributed by atoms with Gasteiger partial charge in [0.2, 0.25) is 5.91 Å². The lowest BCUT2D eigenvalue weighted by Crippen LogP contribution is -2.29. The van der Waals surface area contributed by atoms with Gasteiger partial charge in [-0.1, -0.05) is 18.5 Å². The maximum atomic E-state index is 11.4. The lowest BCUT2D eigenvalue weighted by molar-refractivity contribution is -0.141. The minimum atomic E-state index is -0.591. The average Bonchev–Trinajstić information content (AvgIpc) is 2.34. The Bertz CT molecular complexity index is 463. The van der Waals surface area contributed by atoms with Crippen molar-refractivity contribution in [3.05, 3.63) is 28.8 Å². The Kier molecular flexibility index (Phi) is 4.97. The van der Waals surface area contributed by atoms with Crippen LogP contribution in [0, 0.1) is 0 Å². The van der Waals surface area contributed by atoms with Crippen molar-refractivity contribution in [1.29, 1.82) is 0 Å². The van der Waals surface area contributed by atoms with E-state index in [-0.39, 0.29) is 16.6 Å². The van der Waals surface area contributed by atoms with E-state index in [2.05, 4.69) is 10.1 Å². The van der Waals surface area contributed by atoms with Gasteiger partial charge in [0.25, 0.3) is 0 Å². The lowest BCUT2D eigenvalue weighted by atomic mass is 10.1. The number of carbonyl (C=O) groups excluding carboxylic acids is 2. The normalized spacial score (nSPS) is 11.7. The maximum Gasteiger partial charge on any atom is 0.328 e. The van der Waals surface area contributed by atoms with Crippen molar-refractivity contribution >= 4 is 29.2 Å². The number of amides is 1. The number of halogens is 1. The predicted octanol–water partition coefficient (Wildman–Crippen LogP) is 1.80. The Balaban J connectivity index is 2.88. The summed E-state index contributed by atoms with van der Waals surface area (Å²) in [4.78, 5) is 22.4. The van der Waals surface area contributed by atoms with E-state index in [1.165, 1.54) is 13.2 Å². The number of rotatable bonds is 5. The first-order chi connectivity index (χ1) is 8.49. The van der Waals surface area contributed by atoms with E-state index in [1.54, 1.807) is 12.1 Å². The van der Waals surface area contributed by atoms with Gasteiger partial charge in [0.1, 0.15) is 6.04 Å². The van der Waals surface area contributed by atoms with Gasteiger partial charge < -0.3 is 15.8 Å². The van der Waals surface area contributed by atoms with E-state index < -0.39 is 11.9 Å². The highest BCUT2D eigenvalue weighted by Crippen LogP contribution is 2.21. The number of methoxy groups -OCH3 is 1. The van der Waals surface area contributed by atoms with Crippen LogP contribution in [0.25, 0.3) is 0 Å². The minimum Gasteiger partial charge on any atom is -0.467 e. The molecule has 1 unspecified atom stereocenters. The number of esters is 1. The van der Waals surface area contributed by atoms with Gasteiger partial charge in [-0.05, 0) is 24.6 Å². The van der Waals surface area contributed by atoms with Crippen molar-refractivity contribution in [3.8, 4) is 0 Å². The van der Waals surface area contributed by atoms with Gasteiger partial charge in [-0.2, -0.15) is 0 Å². The fraction of sp³-hybridized carbons (Fsp3) is 0.333. The smallest absolute Gasteiger partial charge is 0.328 e. The number of nitrogens with two attached hydrogens (primary N) is 1. The summed E-state index contributed by atoms with van der Waals surface area (Å²) in [5, 5.41) is 3.22. The number of primary amides is 1. The van der Waals surface area contributed by atoms with Gasteiger partial charge in [0, 0.05) is 5.69 Å². The minimum absolute atomic E-state index is 0.243. The van der Waals surface area contributed by atoms with E-state index in [0.717, 1.165) is 0 Å². The van der Waals surface area contributed by atoms with Crippen LogP contribution in [0.1, 0.15) is 23.7 Å². The second kappa shape index (κ2) is 6.26. The van der Waals surface area contributed by atoms with Gasteiger partial charge in [-0.25, -0.2) is 4.79 Å². The highest BCUT2D eigenvalue weighted by molar-refractivity contribution is 6.34. The van der Waals surface area contributed by atoms with Crippen molar-refractivity contribution in [1.82, 2.24) is 0 Å². The second-order valence-electron chi connectivity index (χ2n) is 3.69. The molecule has 0 aliphatic heterocycles. The van der Waals surface area contributed by atoms with Gasteiger partial charge in [-0.3, -0.25) is 4.79 Å². The van der Waals surface area contributed by atoms with Crippen molar-refractivity contribution in [2.45, 2.75) is 19.4 Å². The van der Waals surface area contributed by atoms with E-state index in [4.69, 9.17) is 17.3 Å². The summed E-state index contributed by atoms with van der Waals surface area (Å²) in [5.74, 6) is -0.945. The number of nitrogens with one attached hydrogen (secondary N) is 1. The Morgan fingerprint density at radius 3 is 2.61 bits per heavy atom. The van der Waals surface area contributed by atoms with Gasteiger partial charge >= 0.3 is 5.97 Å². The molecule has 1 aromatic rings. The SMILES string of the molecule is CCC(Nc1ccc(C(N)=O)c(Cl)c1)C(=O)OC. The van der Waals surface area contributed by atoms with Crippen LogP contribution in [0.15, 0.2) is 18.2 Å². The van der Waals surface area contributed by atoms with Crippen LogP contribution in [0.5, 0.6) is 0 Å². The molecule has 5 nitrogen and oxygen atoms in total. The zero-order chi connectivity index (χ0) is 13.7. The molecular weight excluding hydrogens is 256 g/mol. The van der Waals surface area contributed by atoms with Crippen LogP contribution >= 0.6 is 11.6 Å². The topological polar surface area (TPSA) is 81.4 Å². The summed E-state index contributed by atoms with van der Waals surface area (Å²) in [6.07, 6.45) is 0.571. The van der Waals surface area contributed by atoms with Crippen molar-refractivity contribution in [3.63, 3.8) is 0 Å². The molecule has 0 radical (unpaired) electrons. The number of hydrogen-bond acceptors (Lipinski definition) is 4. The van der Waals surface area contributed by atoms with Gasteiger partial charge in [-0.15, -0.1) is 0 Å². The van der Waals surface area contributed by atoms with E-state index in [9.17, 15) is 9.59 Å². The first-order valence-corrected chi connectivity index (χ1v) is 5.81. The molecule has 6 heteroatoms. The molecule has 18 heavy (non-hydrogen) atoms. The molecule has 1 aromatic carbocycles.